The van der Waals surface area contributed by atoms with Crippen LogP contribution in [0.3, 0.4) is 0 Å². The minimum Gasteiger partial charge on any atom is -0.387 e. The number of benzene rings is 1. The fourth-order valence-corrected chi connectivity index (χ4v) is 8.21. The first-order valence-electron chi connectivity index (χ1n) is 13.5. The number of hydrogen-bond acceptors (Lipinski definition) is 15. The average molecular weight is 666 g/mol. The maximum Gasteiger partial charge on any atom is 0.325 e. The van der Waals surface area contributed by atoms with Crippen LogP contribution in [0, 0.1) is 0 Å². The molecule has 3 saturated heterocycles. The second-order valence-electron chi connectivity index (χ2n) is 10.3. The van der Waals surface area contributed by atoms with Crippen molar-refractivity contribution in [2.45, 2.75) is 55.9 Å². The van der Waals surface area contributed by atoms with Gasteiger partial charge in [0.1, 0.15) is 48.5 Å². The van der Waals surface area contributed by atoms with Crippen molar-refractivity contribution in [2.24, 2.45) is 0 Å². The Bertz CT molecular complexity index is 1800. The summed E-state index contributed by atoms with van der Waals surface area (Å²) in [6, 6.07) is 7.25. The molecule has 7 rings (SSSR count). The van der Waals surface area contributed by atoms with E-state index in [1.807, 2.05) is 12.1 Å². The molecule has 17 nitrogen and oxygen atoms in total. The van der Waals surface area contributed by atoms with Gasteiger partial charge in [-0.2, -0.15) is 0 Å². The van der Waals surface area contributed by atoms with Gasteiger partial charge >= 0.3 is 6.72 Å². The van der Waals surface area contributed by atoms with Crippen molar-refractivity contribution < 1.29 is 47.2 Å². The number of aliphatic hydroxyl groups excluding tert-OH is 2. The Balaban J connectivity index is 1.21. The molecule has 3 fully saturated rings. The highest BCUT2D eigenvalue weighted by molar-refractivity contribution is 8.07. The molecule has 1 radical (unpaired) electrons. The number of imidazole rings is 2. The van der Waals surface area contributed by atoms with Gasteiger partial charge in [0.25, 0.3) is 14.5 Å². The fraction of sp³-hybridized carbons (Fsp3) is 0.478. The van der Waals surface area contributed by atoms with Crippen LogP contribution in [-0.2, 0) is 43.9 Å². The van der Waals surface area contributed by atoms with Crippen molar-refractivity contribution in [3.05, 3.63) is 43.2 Å². The summed E-state index contributed by atoms with van der Waals surface area (Å²) in [6.07, 6.45) is -5.65. The van der Waals surface area contributed by atoms with Gasteiger partial charge in [-0.3, -0.25) is 13.7 Å². The molecule has 5 N–H and O–H groups in total. The summed E-state index contributed by atoms with van der Waals surface area (Å²) in [5.74, 6) is 0.120. The van der Waals surface area contributed by atoms with Crippen LogP contribution in [-0.4, -0.2) is 101 Å². The minimum absolute atomic E-state index is 0.120. The second-order valence-corrected chi connectivity index (χ2v) is 15.2. The van der Waals surface area contributed by atoms with Crippen LogP contribution in [0.5, 0.6) is 0 Å². The fourth-order valence-electron chi connectivity index (χ4n) is 5.51. The number of aliphatic hydroxyl groups is 2. The number of ether oxygens (including phenoxy) is 2. The summed E-state index contributed by atoms with van der Waals surface area (Å²) in [7, 11) is -4.05. The largest absolute Gasteiger partial charge is 0.387 e. The van der Waals surface area contributed by atoms with E-state index in [1.165, 1.54) is 37.4 Å². The minimum atomic E-state index is -4.12. The zero-order valence-electron chi connectivity index (χ0n) is 22.9. The predicted octanol–water partition coefficient (Wildman–Crippen LogP) is 0.869. The van der Waals surface area contributed by atoms with Crippen LogP contribution in [0.4, 0.5) is 5.82 Å². The molecule has 3 aromatic heterocycles. The highest BCUT2D eigenvalue weighted by Crippen LogP contribution is 2.54. The molecule has 3 aliphatic heterocycles. The molecule has 233 valence electrons. The third kappa shape index (κ3) is 5.30. The van der Waals surface area contributed by atoms with E-state index in [-0.39, 0.29) is 17.0 Å². The lowest BCUT2D eigenvalue weighted by atomic mass is 10.1. The van der Waals surface area contributed by atoms with E-state index in [0.717, 1.165) is 0 Å². The summed E-state index contributed by atoms with van der Waals surface area (Å²) in [5, 5.41) is 22.6. The molecule has 44 heavy (non-hydrogen) atoms. The van der Waals surface area contributed by atoms with E-state index in [4.69, 9.17) is 45.1 Å². The number of fused-ring (bicyclic) bond motifs is 5. The molecule has 0 amide bonds. The van der Waals surface area contributed by atoms with Crippen LogP contribution in [0.25, 0.3) is 22.2 Å². The lowest BCUT2D eigenvalue weighted by Crippen LogP contribution is -2.36. The Morgan fingerprint density at radius 3 is 2.52 bits per heavy atom. The monoisotopic (exact) mass is 666 g/mol. The van der Waals surface area contributed by atoms with E-state index in [2.05, 4.69) is 19.9 Å². The number of aromatic nitrogens is 6. The number of rotatable bonds is 3. The summed E-state index contributed by atoms with van der Waals surface area (Å²) in [6.45, 7) is -2.28. The van der Waals surface area contributed by atoms with Crippen LogP contribution in [0.1, 0.15) is 12.5 Å². The van der Waals surface area contributed by atoms with Gasteiger partial charge in [0.15, 0.2) is 23.9 Å². The zero-order chi connectivity index (χ0) is 30.8. The van der Waals surface area contributed by atoms with Crippen molar-refractivity contribution >= 4 is 61.0 Å². The zero-order valence-corrected chi connectivity index (χ0v) is 25.5. The lowest BCUT2D eigenvalue weighted by molar-refractivity contribution is -0.0595. The summed E-state index contributed by atoms with van der Waals surface area (Å²) >= 11 is 5.32. The molecule has 10 unspecified atom stereocenters. The number of nitrogen functional groups attached to an aromatic ring is 1. The summed E-state index contributed by atoms with van der Waals surface area (Å²) in [4.78, 5) is 27.9. The lowest BCUT2D eigenvalue weighted by Gasteiger charge is -2.28. The van der Waals surface area contributed by atoms with Gasteiger partial charge in [-0.05, 0) is 23.9 Å². The number of para-hydroxylation sites is 2. The highest BCUT2D eigenvalue weighted by Gasteiger charge is 2.53. The Labute approximate surface area is 255 Å². The number of hydrogen-bond donors (Lipinski definition) is 4. The Kier molecular flexibility index (Phi) is 7.88. The van der Waals surface area contributed by atoms with Crippen LogP contribution >= 0.6 is 14.2 Å². The first-order valence-corrected chi connectivity index (χ1v) is 17.7. The quantitative estimate of drug-likeness (QED) is 0.176. The Morgan fingerprint density at radius 1 is 0.955 bits per heavy atom. The second kappa shape index (κ2) is 11.5. The topological polar surface area (TPSA) is 221 Å². The Morgan fingerprint density at radius 2 is 1.70 bits per heavy atom. The summed E-state index contributed by atoms with van der Waals surface area (Å²) in [5.41, 5.74) is 7.82. The van der Waals surface area contributed by atoms with Gasteiger partial charge in [0.2, 0.25) is 0 Å². The molecule has 0 spiro atoms. The van der Waals surface area contributed by atoms with Crippen LogP contribution in [0.2, 0.25) is 6.82 Å². The molecule has 21 heteroatoms. The third-order valence-electron chi connectivity index (χ3n) is 7.70. The van der Waals surface area contributed by atoms with Gasteiger partial charge in [0, 0.05) is 0 Å². The van der Waals surface area contributed by atoms with Crippen molar-refractivity contribution in [3.63, 3.8) is 0 Å². The molecule has 10 atom stereocenters. The van der Waals surface area contributed by atoms with Crippen molar-refractivity contribution in [1.29, 1.82) is 0 Å². The molecule has 6 heterocycles. The third-order valence-corrected chi connectivity index (χ3v) is 10.9. The van der Waals surface area contributed by atoms with E-state index in [0.29, 0.717) is 11.0 Å². The molecule has 3 aliphatic rings. The normalized spacial score (nSPS) is 38.2. The average Bonchev–Trinajstić information content (AvgIpc) is 3.76. The van der Waals surface area contributed by atoms with E-state index < -0.39 is 76.5 Å². The first kappa shape index (κ1) is 30.3. The van der Waals surface area contributed by atoms with Crippen molar-refractivity contribution in [3.8, 4) is 0 Å². The Hall–Kier alpha value is -2.38. The van der Waals surface area contributed by atoms with Gasteiger partial charge in [-0.1, -0.05) is 19.0 Å². The van der Waals surface area contributed by atoms with Crippen molar-refractivity contribution in [2.75, 3.05) is 18.9 Å². The van der Waals surface area contributed by atoms with Crippen LogP contribution < -0.4 is 5.73 Å². The van der Waals surface area contributed by atoms with Gasteiger partial charge in [-0.25, -0.2) is 19.9 Å². The standard InChI is InChI=1S/C23H27BN7O10P2S/c1-24-42(34)36-6-13-16(32)19(23(38-13)31-10-29-15-20(25)26-8-27-21(15)31)41-43(35,44)37-7-14-18(40-42)17(33)22(39-14)30-9-28-11-4-2-3-5-12(11)30/h2-5,8-10,13-14,16-19,22-23,32-33H,6-7H2,1H3,(H,35,44)(H2,25,26,27). The van der Waals surface area contributed by atoms with Crippen molar-refractivity contribution in [1.82, 2.24) is 29.1 Å². The predicted molar refractivity (Wildman–Crippen MR) is 157 cm³/mol. The van der Waals surface area contributed by atoms with E-state index in [9.17, 15) is 19.7 Å². The summed E-state index contributed by atoms with van der Waals surface area (Å²) < 4.78 is 52.3. The SMILES string of the molecule is C[B]P1(=O)OCC2OC(n3cnc4c(N)ncnc43)C(OP(O)(=S)OCC3OC(n4cnc5ccccc54)C(O)C3O1)C2O. The van der Waals surface area contributed by atoms with Gasteiger partial charge < -0.3 is 48.5 Å². The number of nitrogens with zero attached hydrogens (tertiary/aromatic N) is 6. The molecule has 0 saturated carbocycles. The molecule has 4 aromatic rings. The number of anilines is 1. The molecule has 2 bridgehead atoms. The van der Waals surface area contributed by atoms with Gasteiger partial charge in [0.05, 0.1) is 36.9 Å². The van der Waals surface area contributed by atoms with Crippen LogP contribution in [0.15, 0.2) is 43.2 Å². The highest BCUT2D eigenvalue weighted by atomic mass is 32.5. The maximum atomic E-state index is 13.8. The number of nitrogens with two attached hydrogens (primary N) is 1. The smallest absolute Gasteiger partial charge is 0.325 e. The van der Waals surface area contributed by atoms with E-state index in [1.54, 1.807) is 16.7 Å². The first-order chi connectivity index (χ1) is 21.1. The molecule has 0 aliphatic carbocycles. The van der Waals surface area contributed by atoms with Gasteiger partial charge in [-0.15, -0.1) is 0 Å². The van der Waals surface area contributed by atoms with E-state index >= 15 is 0 Å². The molecular formula is C23H27BN7O10P2S. The molecule has 1 aromatic carbocycles. The molecular weight excluding hydrogens is 639 g/mol. The maximum absolute atomic E-state index is 13.8.